The summed E-state index contributed by atoms with van der Waals surface area (Å²) in [6.45, 7) is 0. The van der Waals surface area contributed by atoms with Gasteiger partial charge in [-0.05, 0) is 12.7 Å². The first-order valence-corrected chi connectivity index (χ1v) is 12.0. The average molecular weight is 439 g/mol. The molecule has 6 aliphatic rings. The third kappa shape index (κ3) is 1.82. The van der Waals surface area contributed by atoms with Crippen LogP contribution in [0.3, 0.4) is 0 Å². The van der Waals surface area contributed by atoms with Crippen LogP contribution in [0.5, 0.6) is 0 Å². The lowest BCUT2D eigenvalue weighted by atomic mass is 9.81. The number of rotatable bonds is 1. The van der Waals surface area contributed by atoms with E-state index in [1.807, 2.05) is 0 Å². The predicted molar refractivity (Wildman–Crippen MR) is 105 cm³/mol. The van der Waals surface area contributed by atoms with Crippen molar-refractivity contribution >= 4 is 41.1 Å². The molecule has 0 aromatic heterocycles. The minimum absolute atomic E-state index is 0.0163. The number of thioether (sulfide) groups is 2. The summed E-state index contributed by atoms with van der Waals surface area (Å²) < 4.78 is 0. The van der Waals surface area contributed by atoms with Gasteiger partial charge in [0.25, 0.3) is 11.8 Å². The van der Waals surface area contributed by atoms with Gasteiger partial charge < -0.3 is 25.1 Å². The summed E-state index contributed by atoms with van der Waals surface area (Å²) in [5.74, 6) is -1.26. The van der Waals surface area contributed by atoms with Crippen molar-refractivity contribution < 1.29 is 29.7 Å². The predicted octanol–water partition coefficient (Wildman–Crippen LogP) is -0.925. The van der Waals surface area contributed by atoms with Crippen molar-refractivity contribution in [1.82, 2.24) is 9.80 Å². The molecule has 8 nitrogen and oxygen atoms in total. The van der Waals surface area contributed by atoms with Gasteiger partial charge in [0.2, 0.25) is 0 Å². The lowest BCUT2D eigenvalue weighted by molar-refractivity contribution is -0.171. The Morgan fingerprint density at radius 2 is 1.93 bits per heavy atom. The average Bonchev–Trinajstić information content (AvgIpc) is 3.29. The smallest absolute Gasteiger partial charge is 0.261 e. The molecular weight excluding hydrogens is 416 g/mol. The Morgan fingerprint density at radius 1 is 1.17 bits per heavy atom. The van der Waals surface area contributed by atoms with Crippen molar-refractivity contribution in [1.29, 1.82) is 0 Å². The fraction of sp³-hybridized carbons (Fsp3) is 0.737. The number of carbonyl (C=O) groups excluding carboxylic acids is 3. The van der Waals surface area contributed by atoms with Crippen molar-refractivity contribution in [3.8, 4) is 0 Å². The Hall–Kier alpha value is -1.07. The van der Waals surface area contributed by atoms with E-state index < -0.39 is 45.6 Å². The third-order valence-corrected chi connectivity index (χ3v) is 10.8. The summed E-state index contributed by atoms with van der Waals surface area (Å²) in [5.41, 5.74) is -1.37. The van der Waals surface area contributed by atoms with Crippen LogP contribution in [0.1, 0.15) is 25.7 Å². The molecule has 156 valence electrons. The van der Waals surface area contributed by atoms with E-state index in [-0.39, 0.29) is 48.5 Å². The molecule has 0 radical (unpaired) electrons. The number of nitrogens with zero attached hydrogens (tertiary/aromatic N) is 2. The number of aliphatic hydroxyl groups is 3. The summed E-state index contributed by atoms with van der Waals surface area (Å²) in [7, 11) is 0. The minimum Gasteiger partial charge on any atom is -0.391 e. The van der Waals surface area contributed by atoms with Crippen molar-refractivity contribution in [3.63, 3.8) is 0 Å². The van der Waals surface area contributed by atoms with Crippen LogP contribution < -0.4 is 0 Å². The van der Waals surface area contributed by atoms with E-state index in [4.69, 9.17) is 0 Å². The van der Waals surface area contributed by atoms with Crippen molar-refractivity contribution in [3.05, 3.63) is 12.2 Å². The largest absolute Gasteiger partial charge is 0.391 e. The van der Waals surface area contributed by atoms with Gasteiger partial charge in [-0.2, -0.15) is 0 Å². The zero-order chi connectivity index (χ0) is 20.5. The molecule has 4 saturated heterocycles. The third-order valence-electron chi connectivity index (χ3n) is 7.86. The van der Waals surface area contributed by atoms with E-state index in [0.717, 1.165) is 0 Å². The molecule has 4 heterocycles. The van der Waals surface area contributed by atoms with Crippen molar-refractivity contribution in [2.45, 2.75) is 70.6 Å². The molecule has 3 N–H and O–H groups in total. The number of ketones is 1. The molecule has 10 heteroatoms. The molecule has 0 aromatic carbocycles. The molecule has 29 heavy (non-hydrogen) atoms. The first-order chi connectivity index (χ1) is 13.7. The standard InChI is InChI=1S/C19H22N2O6S2/c1-28-18-6-8-9(22)2-3-10(23)13(8)20(18)16(26)19-7-17(27)12(29-19)5-4-11(24)14(17)21(19)15(18)25/h4-5,8,10-14,23-24,27H,2-3,6-7H2,1H3/t8-,10-,11-,12-,13-,14+,17+,18+,19+/m0/s1. The van der Waals surface area contributed by atoms with Crippen LogP contribution in [0.25, 0.3) is 0 Å². The summed E-state index contributed by atoms with van der Waals surface area (Å²) in [4.78, 5) is 41.0. The van der Waals surface area contributed by atoms with E-state index in [0.29, 0.717) is 0 Å². The molecule has 6 rings (SSSR count). The first-order valence-electron chi connectivity index (χ1n) is 9.91. The normalized spacial score (nSPS) is 54.7. The van der Waals surface area contributed by atoms with Gasteiger partial charge in [-0.1, -0.05) is 12.2 Å². The number of carbonyl (C=O) groups is 3. The molecule has 0 aromatic rings. The highest BCUT2D eigenvalue weighted by atomic mass is 32.2. The number of piperazine rings is 1. The van der Waals surface area contributed by atoms with Gasteiger partial charge >= 0.3 is 0 Å². The lowest BCUT2D eigenvalue weighted by Gasteiger charge is -2.57. The van der Waals surface area contributed by atoms with Crippen LogP contribution in [0.15, 0.2) is 12.2 Å². The molecular formula is C19H22N2O6S2. The van der Waals surface area contributed by atoms with Gasteiger partial charge in [0.1, 0.15) is 11.4 Å². The fourth-order valence-corrected chi connectivity index (χ4v) is 9.52. The van der Waals surface area contributed by atoms with Crippen LogP contribution >= 0.6 is 23.5 Å². The van der Waals surface area contributed by atoms with Crippen LogP contribution in [0, 0.1) is 5.92 Å². The second-order valence-corrected chi connectivity index (χ2v) is 11.5. The number of aliphatic hydroxyl groups excluding tert-OH is 2. The number of Topliss-reactive ketones (excluding diaryl/α,β-unsaturated/α-hetero) is 1. The maximum absolute atomic E-state index is 14.0. The summed E-state index contributed by atoms with van der Waals surface area (Å²) in [6.07, 6.45) is 3.87. The van der Waals surface area contributed by atoms with E-state index in [1.165, 1.54) is 33.3 Å². The van der Waals surface area contributed by atoms with Crippen LogP contribution in [-0.4, -0.2) is 93.9 Å². The zero-order valence-electron chi connectivity index (χ0n) is 15.7. The monoisotopic (exact) mass is 438 g/mol. The minimum atomic E-state index is -1.37. The molecule has 4 aliphatic heterocycles. The summed E-state index contributed by atoms with van der Waals surface area (Å²) in [6, 6.07) is -1.60. The Kier molecular flexibility index (Phi) is 3.48. The van der Waals surface area contributed by atoms with Crippen molar-refractivity contribution in [2.75, 3.05) is 6.26 Å². The molecule has 2 amide bonds. The SMILES string of the molecule is CS[C@@]12C[C@H]3C(=O)CC[C@H](O)[C@H]3N1C(=O)[C@]13C[C@@]4(O)[C@H](C=C[C@H](O)[C@H]4N1C2=O)S3. The van der Waals surface area contributed by atoms with E-state index >= 15 is 0 Å². The molecule has 9 atom stereocenters. The van der Waals surface area contributed by atoms with Gasteiger partial charge in [-0.15, -0.1) is 23.5 Å². The van der Waals surface area contributed by atoms with E-state index in [9.17, 15) is 29.7 Å². The molecule has 1 spiro atoms. The number of hydrogen-bond acceptors (Lipinski definition) is 8. The van der Waals surface area contributed by atoms with Gasteiger partial charge in [-0.3, -0.25) is 14.4 Å². The fourth-order valence-electron chi connectivity index (χ4n) is 6.66. The highest BCUT2D eigenvalue weighted by Crippen LogP contribution is 2.67. The summed E-state index contributed by atoms with van der Waals surface area (Å²) in [5, 5.41) is 32.4. The molecule has 0 unspecified atom stereocenters. The number of amides is 2. The van der Waals surface area contributed by atoms with Crippen LogP contribution in [0.4, 0.5) is 0 Å². The topological polar surface area (TPSA) is 118 Å². The van der Waals surface area contributed by atoms with Crippen molar-refractivity contribution in [2.24, 2.45) is 5.92 Å². The van der Waals surface area contributed by atoms with Gasteiger partial charge in [0.05, 0.1) is 29.5 Å². The highest BCUT2D eigenvalue weighted by Gasteiger charge is 2.82. The van der Waals surface area contributed by atoms with Gasteiger partial charge in [0, 0.05) is 25.2 Å². The maximum atomic E-state index is 14.0. The Morgan fingerprint density at radius 3 is 2.66 bits per heavy atom. The highest BCUT2D eigenvalue weighted by molar-refractivity contribution is 8.02. The number of fused-ring (bicyclic) bond motifs is 4. The summed E-state index contributed by atoms with van der Waals surface area (Å²) >= 11 is 2.46. The number of hydrogen-bond donors (Lipinski definition) is 3. The Bertz CT molecular complexity index is 898. The molecule has 1 saturated carbocycles. The zero-order valence-corrected chi connectivity index (χ0v) is 17.4. The Labute approximate surface area is 175 Å². The van der Waals surface area contributed by atoms with Crippen LogP contribution in [-0.2, 0) is 14.4 Å². The second kappa shape index (κ2) is 5.40. The van der Waals surface area contributed by atoms with E-state index in [1.54, 1.807) is 18.4 Å². The quantitative estimate of drug-likeness (QED) is 0.450. The van der Waals surface area contributed by atoms with Gasteiger partial charge in [-0.25, -0.2) is 0 Å². The Balaban J connectivity index is 1.55. The first kappa shape index (κ1) is 18.7. The van der Waals surface area contributed by atoms with Crippen LogP contribution in [0.2, 0.25) is 0 Å². The van der Waals surface area contributed by atoms with Gasteiger partial charge in [0.15, 0.2) is 9.74 Å². The molecule has 5 fully saturated rings. The molecule has 2 aliphatic carbocycles. The maximum Gasteiger partial charge on any atom is 0.261 e. The molecule has 2 bridgehead atoms. The second-order valence-electron chi connectivity index (χ2n) is 9.02. The lowest BCUT2D eigenvalue weighted by Crippen LogP contribution is -2.77. The van der Waals surface area contributed by atoms with E-state index in [2.05, 4.69) is 0 Å².